The molecule has 0 aromatic heterocycles. The van der Waals surface area contributed by atoms with E-state index in [1.807, 2.05) is 0 Å². The van der Waals surface area contributed by atoms with Crippen LogP contribution in [0.15, 0.2) is 0 Å². The van der Waals surface area contributed by atoms with Crippen molar-refractivity contribution in [3.63, 3.8) is 0 Å². The molecule has 0 aromatic carbocycles. The van der Waals surface area contributed by atoms with Crippen LogP contribution in [0.2, 0.25) is 0 Å². The monoisotopic (exact) mass is 193 g/mol. The maximum Gasteiger partial charge on any atom is 1.00 e. The number of carboxylic acid groups (broad SMARTS) is 1. The molecule has 0 saturated heterocycles. The van der Waals surface area contributed by atoms with Crippen LogP contribution in [0.3, 0.4) is 0 Å². The summed E-state index contributed by atoms with van der Waals surface area (Å²) in [5.41, 5.74) is 0. The van der Waals surface area contributed by atoms with Gasteiger partial charge in [0.2, 0.25) is 0 Å². The van der Waals surface area contributed by atoms with Crippen LogP contribution in [0.25, 0.3) is 0 Å². The average molecular weight is 193 g/mol. The van der Waals surface area contributed by atoms with Crippen molar-refractivity contribution >= 4 is 5.97 Å². The molecule has 0 bridgehead atoms. The minimum absolute atomic E-state index is 0. The molecule has 0 heterocycles. The Labute approximate surface area is 102 Å². The van der Waals surface area contributed by atoms with Crippen molar-refractivity contribution in [1.29, 1.82) is 0 Å². The Morgan fingerprint density at radius 2 is 1.92 bits per heavy atom. The van der Waals surface area contributed by atoms with Gasteiger partial charge in [0.15, 0.2) is 0 Å². The molecular formula is C9H16NNaO2. The first kappa shape index (κ1) is 13.4. The van der Waals surface area contributed by atoms with Gasteiger partial charge in [0.05, 0.1) is 0 Å². The largest absolute Gasteiger partial charge is 1.00 e. The summed E-state index contributed by atoms with van der Waals surface area (Å²) >= 11 is 0. The van der Waals surface area contributed by atoms with Crippen molar-refractivity contribution in [1.82, 2.24) is 5.32 Å². The minimum atomic E-state index is -0.960. The van der Waals surface area contributed by atoms with E-state index < -0.39 is 5.97 Å². The molecule has 13 heavy (non-hydrogen) atoms. The molecular weight excluding hydrogens is 177 g/mol. The molecule has 1 aliphatic carbocycles. The zero-order valence-corrected chi connectivity index (χ0v) is 10.3. The van der Waals surface area contributed by atoms with E-state index in [2.05, 4.69) is 5.32 Å². The van der Waals surface area contributed by atoms with Crippen molar-refractivity contribution < 1.29 is 39.5 Å². The third-order valence-corrected chi connectivity index (χ3v) is 2.37. The second kappa shape index (κ2) is 7.80. The maximum atomic E-state index is 10.1. The Morgan fingerprint density at radius 1 is 1.31 bits per heavy atom. The number of hydrogen-bond acceptors (Lipinski definition) is 3. The number of aliphatic carboxylic acids is 1. The van der Waals surface area contributed by atoms with Gasteiger partial charge < -0.3 is 15.2 Å². The first-order chi connectivity index (χ1) is 5.79. The quantitative estimate of drug-likeness (QED) is 0.486. The second-order valence-corrected chi connectivity index (χ2v) is 3.41. The van der Waals surface area contributed by atoms with Gasteiger partial charge in [-0.25, -0.2) is 0 Å². The van der Waals surface area contributed by atoms with Crippen LogP contribution in [0.1, 0.15) is 38.5 Å². The van der Waals surface area contributed by atoms with Gasteiger partial charge in [0, 0.05) is 18.6 Å². The minimum Gasteiger partial charge on any atom is -0.550 e. The summed E-state index contributed by atoms with van der Waals surface area (Å²) in [6, 6.07) is 0.554. The summed E-state index contributed by atoms with van der Waals surface area (Å²) in [6.45, 7) is 0.562. The van der Waals surface area contributed by atoms with E-state index in [4.69, 9.17) is 0 Å². The molecule has 0 atom stereocenters. The average Bonchev–Trinajstić information content (AvgIpc) is 2.05. The van der Waals surface area contributed by atoms with Crippen LogP contribution in [-0.4, -0.2) is 18.6 Å². The Hall–Kier alpha value is 0.430. The fraction of sp³-hybridized carbons (Fsp3) is 0.889. The van der Waals surface area contributed by atoms with Gasteiger partial charge in [-0.05, 0) is 19.3 Å². The van der Waals surface area contributed by atoms with Crippen molar-refractivity contribution in [2.24, 2.45) is 0 Å². The van der Waals surface area contributed by atoms with E-state index in [0.29, 0.717) is 12.6 Å². The number of carbonyl (C=O) groups is 1. The summed E-state index contributed by atoms with van der Waals surface area (Å²) < 4.78 is 0. The van der Waals surface area contributed by atoms with Gasteiger partial charge in [0.1, 0.15) is 0 Å². The zero-order valence-electron chi connectivity index (χ0n) is 8.34. The van der Waals surface area contributed by atoms with Crippen LogP contribution in [0, 0.1) is 0 Å². The summed E-state index contributed by atoms with van der Waals surface area (Å²) in [5.74, 6) is -0.960. The van der Waals surface area contributed by atoms with Crippen LogP contribution < -0.4 is 40.0 Å². The standard InChI is InChI=1S/C9H17NO2.Na/c11-9(12)6-7-10-8-4-2-1-3-5-8;/h8,10H,1-7H2,(H,11,12);/q;+1/p-1. The van der Waals surface area contributed by atoms with Gasteiger partial charge >= 0.3 is 29.6 Å². The first-order valence-electron chi connectivity index (χ1n) is 4.72. The van der Waals surface area contributed by atoms with Crippen LogP contribution in [-0.2, 0) is 4.79 Å². The second-order valence-electron chi connectivity index (χ2n) is 3.41. The van der Waals surface area contributed by atoms with Crippen LogP contribution in [0.5, 0.6) is 0 Å². The Kier molecular flexibility index (Phi) is 8.06. The number of nitrogens with one attached hydrogen (secondary N) is 1. The molecule has 3 nitrogen and oxygen atoms in total. The Bertz CT molecular complexity index is 147. The van der Waals surface area contributed by atoms with Gasteiger partial charge in [-0.3, -0.25) is 0 Å². The predicted octanol–water partition coefficient (Wildman–Crippen LogP) is -2.95. The topological polar surface area (TPSA) is 52.2 Å². The van der Waals surface area contributed by atoms with Gasteiger partial charge in [-0.2, -0.15) is 0 Å². The molecule has 70 valence electrons. The number of carbonyl (C=O) groups excluding carboxylic acids is 1. The molecule has 1 N–H and O–H groups in total. The van der Waals surface area contributed by atoms with E-state index in [0.717, 1.165) is 0 Å². The Balaban J connectivity index is 0.00000144. The van der Waals surface area contributed by atoms with Gasteiger partial charge in [0.25, 0.3) is 0 Å². The van der Waals surface area contributed by atoms with Crippen molar-refractivity contribution in [2.75, 3.05) is 6.54 Å². The van der Waals surface area contributed by atoms with E-state index in [1.165, 1.54) is 32.1 Å². The molecule has 1 saturated carbocycles. The molecule has 0 radical (unpaired) electrons. The van der Waals surface area contributed by atoms with E-state index >= 15 is 0 Å². The van der Waals surface area contributed by atoms with Gasteiger partial charge in [-0.15, -0.1) is 0 Å². The van der Waals surface area contributed by atoms with Crippen molar-refractivity contribution in [3.05, 3.63) is 0 Å². The summed E-state index contributed by atoms with van der Waals surface area (Å²) in [4.78, 5) is 10.1. The predicted molar refractivity (Wildman–Crippen MR) is 44.5 cm³/mol. The van der Waals surface area contributed by atoms with Crippen LogP contribution in [0.4, 0.5) is 0 Å². The molecule has 1 fully saturated rings. The molecule has 0 aromatic rings. The van der Waals surface area contributed by atoms with E-state index in [1.54, 1.807) is 0 Å². The molecule has 0 unspecified atom stereocenters. The fourth-order valence-electron chi connectivity index (χ4n) is 1.69. The van der Waals surface area contributed by atoms with E-state index in [-0.39, 0.29) is 36.0 Å². The molecule has 0 amide bonds. The van der Waals surface area contributed by atoms with Crippen molar-refractivity contribution in [3.8, 4) is 0 Å². The first-order valence-corrected chi connectivity index (χ1v) is 4.72. The number of carboxylic acids is 1. The SMILES string of the molecule is O=C([O-])CCNC1CCCCC1.[Na+]. The molecule has 0 spiro atoms. The summed E-state index contributed by atoms with van der Waals surface area (Å²) in [5, 5.41) is 13.3. The third-order valence-electron chi connectivity index (χ3n) is 2.37. The smallest absolute Gasteiger partial charge is 0.550 e. The fourth-order valence-corrected chi connectivity index (χ4v) is 1.69. The normalized spacial score (nSPS) is 17.8. The third kappa shape index (κ3) is 6.49. The zero-order chi connectivity index (χ0) is 8.81. The maximum absolute atomic E-state index is 10.1. The van der Waals surface area contributed by atoms with Crippen molar-refractivity contribution in [2.45, 2.75) is 44.6 Å². The Morgan fingerprint density at radius 3 is 2.46 bits per heavy atom. The van der Waals surface area contributed by atoms with E-state index in [9.17, 15) is 9.90 Å². The number of hydrogen-bond donors (Lipinski definition) is 1. The number of rotatable bonds is 4. The molecule has 0 aliphatic heterocycles. The van der Waals surface area contributed by atoms with Crippen LogP contribution >= 0.6 is 0 Å². The summed E-state index contributed by atoms with van der Waals surface area (Å²) in [7, 11) is 0. The van der Waals surface area contributed by atoms with Gasteiger partial charge in [-0.1, -0.05) is 19.3 Å². The molecule has 4 heteroatoms. The molecule has 1 rings (SSSR count). The summed E-state index contributed by atoms with van der Waals surface area (Å²) in [6.07, 6.45) is 6.43. The molecule has 1 aliphatic rings.